The van der Waals surface area contributed by atoms with Gasteiger partial charge in [0, 0.05) is 13.2 Å². The van der Waals surface area contributed by atoms with Gasteiger partial charge in [0.25, 0.3) is 0 Å². The van der Waals surface area contributed by atoms with Crippen molar-refractivity contribution in [2.45, 2.75) is 57.9 Å². The minimum Gasteiger partial charge on any atom is -0.381 e. The van der Waals surface area contributed by atoms with Crippen LogP contribution in [0.25, 0.3) is 0 Å². The van der Waals surface area contributed by atoms with Gasteiger partial charge in [-0.25, -0.2) is 0 Å². The molecule has 96 valence electrons. The number of hydrogen-bond donors (Lipinski definition) is 2. The Morgan fingerprint density at radius 3 is 2.25 bits per heavy atom. The number of ether oxygens (including phenoxy) is 1. The van der Waals surface area contributed by atoms with Crippen LogP contribution in [0.15, 0.2) is 0 Å². The maximum absolute atomic E-state index is 10.9. The molecule has 1 amide bonds. The molecule has 0 rings (SSSR count). The molecule has 0 aromatic carbocycles. The number of unbranched alkanes of at least 4 members (excludes halogenated alkanes) is 3. The zero-order valence-electron chi connectivity index (χ0n) is 10.6. The van der Waals surface area contributed by atoms with Gasteiger partial charge in [0.1, 0.15) is 0 Å². The van der Waals surface area contributed by atoms with Crippen LogP contribution in [0.1, 0.15) is 52.4 Å². The normalized spacial score (nSPS) is 14.7. The molecule has 1 atom stereocenters. The Kier molecular flexibility index (Phi) is 8.21. The summed E-state index contributed by atoms with van der Waals surface area (Å²) in [6, 6.07) is 0. The first kappa shape index (κ1) is 15.4. The third-order valence-electron chi connectivity index (χ3n) is 2.69. The van der Waals surface area contributed by atoms with Crippen molar-refractivity contribution < 1.29 is 9.53 Å². The van der Waals surface area contributed by atoms with Gasteiger partial charge >= 0.3 is 0 Å². The highest BCUT2D eigenvalue weighted by Crippen LogP contribution is 2.10. The van der Waals surface area contributed by atoms with E-state index in [1.54, 1.807) is 6.92 Å². The molecule has 0 aromatic heterocycles. The maximum atomic E-state index is 10.9. The first-order valence-electron chi connectivity index (χ1n) is 6.17. The highest BCUT2D eigenvalue weighted by Gasteiger charge is 2.24. The van der Waals surface area contributed by atoms with Crippen LogP contribution < -0.4 is 11.5 Å². The predicted octanol–water partition coefficient (Wildman–Crippen LogP) is 1.57. The Hall–Kier alpha value is -0.610. The second-order valence-electron chi connectivity index (χ2n) is 4.56. The lowest BCUT2D eigenvalue weighted by molar-refractivity contribution is -0.122. The third-order valence-corrected chi connectivity index (χ3v) is 2.69. The van der Waals surface area contributed by atoms with E-state index in [0.717, 1.165) is 32.5 Å². The Labute approximate surface area is 98.7 Å². The summed E-state index contributed by atoms with van der Waals surface area (Å²) < 4.78 is 5.45. The molecular formula is C12H26N2O2. The zero-order valence-corrected chi connectivity index (χ0v) is 10.6. The largest absolute Gasteiger partial charge is 0.381 e. The predicted molar refractivity (Wildman–Crippen MR) is 66.0 cm³/mol. The van der Waals surface area contributed by atoms with E-state index < -0.39 is 11.4 Å². The molecule has 0 bridgehead atoms. The van der Waals surface area contributed by atoms with E-state index in [0.29, 0.717) is 6.42 Å². The van der Waals surface area contributed by atoms with Gasteiger partial charge in [-0.2, -0.15) is 0 Å². The van der Waals surface area contributed by atoms with Gasteiger partial charge in [-0.1, -0.05) is 19.8 Å². The molecule has 0 aromatic rings. The minimum absolute atomic E-state index is 0.434. The van der Waals surface area contributed by atoms with Crippen molar-refractivity contribution >= 4 is 5.91 Å². The number of hydrogen-bond acceptors (Lipinski definition) is 3. The van der Waals surface area contributed by atoms with Crippen LogP contribution in [0.3, 0.4) is 0 Å². The molecule has 0 aliphatic carbocycles. The smallest absolute Gasteiger partial charge is 0.237 e. The lowest BCUT2D eigenvalue weighted by Gasteiger charge is -2.19. The summed E-state index contributed by atoms with van der Waals surface area (Å²) in [5.74, 6) is -0.434. The fourth-order valence-corrected chi connectivity index (χ4v) is 1.38. The third kappa shape index (κ3) is 7.65. The summed E-state index contributed by atoms with van der Waals surface area (Å²) in [6.07, 6.45) is 6.01. The fourth-order valence-electron chi connectivity index (χ4n) is 1.38. The maximum Gasteiger partial charge on any atom is 0.237 e. The summed E-state index contributed by atoms with van der Waals surface area (Å²) in [5, 5.41) is 0. The molecule has 1 unspecified atom stereocenters. The standard InChI is InChI=1S/C12H26N2O2/c1-3-4-6-9-16-10-7-5-8-12(2,14)11(13)15/h3-10,14H2,1-2H3,(H2,13,15). The lowest BCUT2D eigenvalue weighted by Crippen LogP contribution is -2.49. The molecule has 0 saturated carbocycles. The van der Waals surface area contributed by atoms with Gasteiger partial charge in [-0.15, -0.1) is 0 Å². The van der Waals surface area contributed by atoms with Gasteiger partial charge < -0.3 is 16.2 Å². The number of carbonyl (C=O) groups excluding carboxylic acids is 1. The van der Waals surface area contributed by atoms with Gasteiger partial charge in [-0.05, 0) is 32.6 Å². The molecule has 4 nitrogen and oxygen atoms in total. The van der Waals surface area contributed by atoms with Crippen LogP contribution in [-0.2, 0) is 9.53 Å². The Balaban J connectivity index is 3.30. The van der Waals surface area contributed by atoms with Crippen molar-refractivity contribution in [3.8, 4) is 0 Å². The average molecular weight is 230 g/mol. The van der Waals surface area contributed by atoms with Crippen LogP contribution in [0, 0.1) is 0 Å². The monoisotopic (exact) mass is 230 g/mol. The molecular weight excluding hydrogens is 204 g/mol. The van der Waals surface area contributed by atoms with E-state index in [1.165, 1.54) is 12.8 Å². The quantitative estimate of drug-likeness (QED) is 0.559. The van der Waals surface area contributed by atoms with Crippen LogP contribution in [0.2, 0.25) is 0 Å². The summed E-state index contributed by atoms with van der Waals surface area (Å²) in [4.78, 5) is 10.9. The van der Waals surface area contributed by atoms with Crippen molar-refractivity contribution in [1.82, 2.24) is 0 Å². The van der Waals surface area contributed by atoms with Crippen molar-refractivity contribution in [2.24, 2.45) is 11.5 Å². The number of rotatable bonds is 10. The lowest BCUT2D eigenvalue weighted by atomic mass is 9.96. The molecule has 0 fully saturated rings. The van der Waals surface area contributed by atoms with E-state index in [9.17, 15) is 4.79 Å². The number of amides is 1. The highest BCUT2D eigenvalue weighted by molar-refractivity contribution is 5.83. The molecule has 0 saturated heterocycles. The Morgan fingerprint density at radius 1 is 1.19 bits per heavy atom. The van der Waals surface area contributed by atoms with Crippen LogP contribution in [0.5, 0.6) is 0 Å². The van der Waals surface area contributed by atoms with Crippen LogP contribution in [-0.4, -0.2) is 24.7 Å². The summed E-state index contributed by atoms with van der Waals surface area (Å²) >= 11 is 0. The van der Waals surface area contributed by atoms with E-state index in [-0.39, 0.29) is 0 Å². The second-order valence-corrected chi connectivity index (χ2v) is 4.56. The number of nitrogens with two attached hydrogens (primary N) is 2. The van der Waals surface area contributed by atoms with Crippen molar-refractivity contribution in [2.75, 3.05) is 13.2 Å². The van der Waals surface area contributed by atoms with E-state index in [4.69, 9.17) is 16.2 Å². The molecule has 0 aliphatic heterocycles. The molecule has 0 radical (unpaired) electrons. The molecule has 16 heavy (non-hydrogen) atoms. The first-order chi connectivity index (χ1) is 7.50. The van der Waals surface area contributed by atoms with Gasteiger partial charge in [-0.3, -0.25) is 4.79 Å². The first-order valence-corrected chi connectivity index (χ1v) is 6.17. The molecule has 0 heterocycles. The van der Waals surface area contributed by atoms with Gasteiger partial charge in [0.2, 0.25) is 5.91 Å². The fraction of sp³-hybridized carbons (Fsp3) is 0.917. The summed E-state index contributed by atoms with van der Waals surface area (Å²) in [6.45, 7) is 5.44. The minimum atomic E-state index is -0.873. The summed E-state index contributed by atoms with van der Waals surface area (Å²) in [5.41, 5.74) is 10.0. The van der Waals surface area contributed by atoms with E-state index in [1.807, 2.05) is 0 Å². The summed E-state index contributed by atoms with van der Waals surface area (Å²) in [7, 11) is 0. The molecule has 0 spiro atoms. The van der Waals surface area contributed by atoms with Crippen molar-refractivity contribution in [1.29, 1.82) is 0 Å². The van der Waals surface area contributed by atoms with Crippen molar-refractivity contribution in [3.05, 3.63) is 0 Å². The second kappa shape index (κ2) is 8.53. The SMILES string of the molecule is CCCCCOCCCCC(C)(N)C(N)=O. The van der Waals surface area contributed by atoms with E-state index in [2.05, 4.69) is 6.92 Å². The Morgan fingerprint density at radius 2 is 1.75 bits per heavy atom. The van der Waals surface area contributed by atoms with Gasteiger partial charge in [0.05, 0.1) is 5.54 Å². The Bertz CT molecular complexity index is 193. The number of primary amides is 1. The van der Waals surface area contributed by atoms with Crippen LogP contribution >= 0.6 is 0 Å². The highest BCUT2D eigenvalue weighted by atomic mass is 16.5. The molecule has 4 heteroatoms. The van der Waals surface area contributed by atoms with Gasteiger partial charge in [0.15, 0.2) is 0 Å². The van der Waals surface area contributed by atoms with Crippen molar-refractivity contribution in [3.63, 3.8) is 0 Å². The average Bonchev–Trinajstić information content (AvgIpc) is 2.21. The number of carbonyl (C=O) groups is 1. The molecule has 4 N–H and O–H groups in total. The van der Waals surface area contributed by atoms with E-state index >= 15 is 0 Å². The molecule has 0 aliphatic rings. The topological polar surface area (TPSA) is 78.3 Å². The zero-order chi connectivity index (χ0) is 12.4. The van der Waals surface area contributed by atoms with Crippen LogP contribution in [0.4, 0.5) is 0 Å².